The molecule has 1 aromatic rings. The summed E-state index contributed by atoms with van der Waals surface area (Å²) in [6, 6.07) is 3.39. The van der Waals surface area contributed by atoms with Gasteiger partial charge in [-0.2, -0.15) is 4.31 Å². The van der Waals surface area contributed by atoms with Crippen LogP contribution in [0.15, 0.2) is 21.7 Å². The molecule has 0 spiro atoms. The van der Waals surface area contributed by atoms with Crippen LogP contribution in [0.2, 0.25) is 0 Å². The second kappa shape index (κ2) is 8.26. The molecule has 0 radical (unpaired) electrons. The summed E-state index contributed by atoms with van der Waals surface area (Å²) in [5.74, 6) is 0.193. The van der Waals surface area contributed by atoms with E-state index in [0.29, 0.717) is 56.2 Å². The molecule has 0 aromatic carbocycles. The number of thiophene rings is 1. The van der Waals surface area contributed by atoms with Crippen LogP contribution in [0.3, 0.4) is 0 Å². The predicted octanol–water partition coefficient (Wildman–Crippen LogP) is 0.480. The molecule has 2 unspecified atom stereocenters. The number of nitrogens with zero attached hydrogens (tertiary/aromatic N) is 3. The van der Waals surface area contributed by atoms with Crippen molar-refractivity contribution in [2.45, 2.75) is 29.5 Å². The van der Waals surface area contributed by atoms with Crippen molar-refractivity contribution < 1.29 is 21.6 Å². The Morgan fingerprint density at radius 3 is 2.48 bits per heavy atom. The molecule has 1 amide bonds. The first kappa shape index (κ1) is 21.2. The number of carbonyl (C=O) groups excluding carboxylic acids is 1. The number of sulfone groups is 1. The fourth-order valence-electron chi connectivity index (χ4n) is 4.53. The van der Waals surface area contributed by atoms with Crippen LogP contribution in [0.25, 0.3) is 0 Å². The summed E-state index contributed by atoms with van der Waals surface area (Å²) in [5, 5.41) is 1.74. The van der Waals surface area contributed by atoms with Crippen molar-refractivity contribution in [3.63, 3.8) is 0 Å². The largest absolute Gasteiger partial charge is 0.340 e. The van der Waals surface area contributed by atoms with Gasteiger partial charge in [-0.05, 0) is 30.7 Å². The van der Waals surface area contributed by atoms with Crippen LogP contribution in [-0.4, -0.2) is 93.7 Å². The normalized spacial score (nSPS) is 29.2. The summed E-state index contributed by atoms with van der Waals surface area (Å²) in [5.41, 5.74) is 0. The van der Waals surface area contributed by atoms with Crippen LogP contribution in [0.5, 0.6) is 0 Å². The second-order valence-corrected chi connectivity index (χ2v) is 13.4. The quantitative estimate of drug-likeness (QED) is 0.647. The number of hydrogen-bond acceptors (Lipinski definition) is 7. The second-order valence-electron chi connectivity index (χ2n) is 8.05. The van der Waals surface area contributed by atoms with Gasteiger partial charge in [-0.25, -0.2) is 16.8 Å². The lowest BCUT2D eigenvalue weighted by atomic mass is 9.97. The monoisotopic (exact) mass is 461 g/mol. The van der Waals surface area contributed by atoms with E-state index in [1.807, 2.05) is 4.90 Å². The lowest BCUT2D eigenvalue weighted by molar-refractivity contribution is -0.138. The number of sulfonamides is 1. The lowest BCUT2D eigenvalue weighted by Crippen LogP contribution is -2.55. The minimum atomic E-state index is -3.53. The van der Waals surface area contributed by atoms with Gasteiger partial charge in [0.2, 0.25) is 5.91 Å². The number of hydrogen-bond donors (Lipinski definition) is 0. The van der Waals surface area contributed by atoms with Gasteiger partial charge in [-0.1, -0.05) is 6.07 Å². The number of piperazine rings is 1. The van der Waals surface area contributed by atoms with Crippen molar-refractivity contribution >= 4 is 37.1 Å². The highest BCUT2D eigenvalue weighted by Gasteiger charge is 2.38. The van der Waals surface area contributed by atoms with Gasteiger partial charge in [0.1, 0.15) is 4.21 Å². The average molecular weight is 462 g/mol. The van der Waals surface area contributed by atoms with Gasteiger partial charge in [-0.15, -0.1) is 11.3 Å². The fourth-order valence-corrected chi connectivity index (χ4v) is 8.96. The van der Waals surface area contributed by atoms with E-state index < -0.39 is 19.9 Å². The number of rotatable bonds is 4. The molecule has 0 saturated carbocycles. The third-order valence-corrected chi connectivity index (χ3v) is 11.2. The van der Waals surface area contributed by atoms with Crippen LogP contribution >= 0.6 is 11.3 Å². The molecule has 2 atom stereocenters. The van der Waals surface area contributed by atoms with E-state index in [-0.39, 0.29) is 35.9 Å². The lowest BCUT2D eigenvalue weighted by Gasteiger charge is -2.40. The van der Waals surface area contributed by atoms with Crippen molar-refractivity contribution in [1.29, 1.82) is 0 Å². The van der Waals surface area contributed by atoms with Crippen molar-refractivity contribution in [2.75, 3.05) is 50.8 Å². The van der Waals surface area contributed by atoms with E-state index in [4.69, 9.17) is 0 Å². The molecule has 0 N–H and O–H groups in total. The van der Waals surface area contributed by atoms with E-state index in [1.165, 1.54) is 15.6 Å². The van der Waals surface area contributed by atoms with Gasteiger partial charge < -0.3 is 4.90 Å². The summed E-state index contributed by atoms with van der Waals surface area (Å²) >= 11 is 1.20. The van der Waals surface area contributed by atoms with Crippen LogP contribution in [0.1, 0.15) is 19.3 Å². The molecule has 3 saturated heterocycles. The van der Waals surface area contributed by atoms with Gasteiger partial charge in [0, 0.05) is 45.3 Å². The van der Waals surface area contributed by atoms with E-state index in [9.17, 15) is 21.6 Å². The zero-order chi connectivity index (χ0) is 20.6. The SMILES string of the molecule is O=C(C1CCCN(S(=O)(=O)c2cccs2)C1)N1CCN(C2CCS(=O)(=O)C2)CC1. The summed E-state index contributed by atoms with van der Waals surface area (Å²) in [7, 11) is -6.45. The maximum Gasteiger partial charge on any atom is 0.252 e. The smallest absolute Gasteiger partial charge is 0.252 e. The highest BCUT2D eigenvalue weighted by Crippen LogP contribution is 2.28. The van der Waals surface area contributed by atoms with E-state index in [1.54, 1.807) is 17.5 Å². The molecular formula is C18H27N3O5S3. The molecule has 162 valence electrons. The number of piperidine rings is 1. The van der Waals surface area contributed by atoms with Gasteiger partial charge in [0.05, 0.1) is 17.4 Å². The van der Waals surface area contributed by atoms with Crippen molar-refractivity contribution in [3.05, 3.63) is 17.5 Å². The Morgan fingerprint density at radius 2 is 1.86 bits per heavy atom. The zero-order valence-corrected chi connectivity index (χ0v) is 18.7. The summed E-state index contributed by atoms with van der Waals surface area (Å²) in [6.45, 7) is 3.19. The molecule has 1 aromatic heterocycles. The Kier molecular flexibility index (Phi) is 6.04. The van der Waals surface area contributed by atoms with Gasteiger partial charge in [0.15, 0.2) is 9.84 Å². The minimum Gasteiger partial charge on any atom is -0.340 e. The molecule has 4 heterocycles. The molecule has 0 aliphatic carbocycles. The molecule has 0 bridgehead atoms. The van der Waals surface area contributed by atoms with E-state index in [2.05, 4.69) is 4.90 Å². The highest BCUT2D eigenvalue weighted by molar-refractivity contribution is 7.91. The van der Waals surface area contributed by atoms with Crippen LogP contribution in [0, 0.1) is 5.92 Å². The fraction of sp³-hybridized carbons (Fsp3) is 0.722. The topological polar surface area (TPSA) is 95.1 Å². The maximum absolute atomic E-state index is 13.0. The third-order valence-electron chi connectivity index (χ3n) is 6.17. The van der Waals surface area contributed by atoms with Crippen LogP contribution < -0.4 is 0 Å². The highest BCUT2D eigenvalue weighted by atomic mass is 32.2. The van der Waals surface area contributed by atoms with Gasteiger partial charge >= 0.3 is 0 Å². The summed E-state index contributed by atoms with van der Waals surface area (Å²) < 4.78 is 50.8. The maximum atomic E-state index is 13.0. The Bertz CT molecular complexity index is 937. The molecule has 3 aliphatic rings. The molecule has 8 nitrogen and oxygen atoms in total. The van der Waals surface area contributed by atoms with E-state index >= 15 is 0 Å². The molecule has 4 rings (SSSR count). The summed E-state index contributed by atoms with van der Waals surface area (Å²) in [4.78, 5) is 17.0. The average Bonchev–Trinajstić information content (AvgIpc) is 3.38. The van der Waals surface area contributed by atoms with Crippen molar-refractivity contribution in [2.24, 2.45) is 5.92 Å². The zero-order valence-electron chi connectivity index (χ0n) is 16.3. The van der Waals surface area contributed by atoms with Crippen molar-refractivity contribution in [1.82, 2.24) is 14.1 Å². The molecule has 3 fully saturated rings. The number of carbonyl (C=O) groups is 1. The van der Waals surface area contributed by atoms with Crippen molar-refractivity contribution in [3.8, 4) is 0 Å². The Morgan fingerprint density at radius 1 is 1.10 bits per heavy atom. The Hall–Kier alpha value is -1.01. The van der Waals surface area contributed by atoms with Gasteiger partial charge in [-0.3, -0.25) is 9.69 Å². The molecule has 3 aliphatic heterocycles. The van der Waals surface area contributed by atoms with Gasteiger partial charge in [0.25, 0.3) is 10.0 Å². The molecule has 11 heteroatoms. The standard InChI is InChI=1S/C18H27N3O5S3/c22-18(20-9-7-19(8-10-20)16-5-12-28(23,24)14-16)15-3-1-6-21(13-15)29(25,26)17-4-2-11-27-17/h2,4,11,15-16H,1,3,5-10,12-14H2. The third kappa shape index (κ3) is 4.53. The Balaban J connectivity index is 1.34. The molecule has 29 heavy (non-hydrogen) atoms. The predicted molar refractivity (Wildman–Crippen MR) is 111 cm³/mol. The first-order valence-corrected chi connectivity index (χ1v) is 14.2. The molecular weight excluding hydrogens is 434 g/mol. The van der Waals surface area contributed by atoms with Crippen LogP contribution in [-0.2, 0) is 24.7 Å². The van der Waals surface area contributed by atoms with E-state index in [0.717, 1.165) is 0 Å². The number of amides is 1. The Labute approximate surface area is 176 Å². The van der Waals surface area contributed by atoms with Crippen LogP contribution in [0.4, 0.5) is 0 Å². The first-order chi connectivity index (χ1) is 13.8. The summed E-state index contributed by atoms with van der Waals surface area (Å²) in [6.07, 6.45) is 2.06. The first-order valence-electron chi connectivity index (χ1n) is 10.0. The minimum absolute atomic E-state index is 0.0229.